The lowest BCUT2D eigenvalue weighted by Gasteiger charge is -2.30. The van der Waals surface area contributed by atoms with Crippen LogP contribution in [0.4, 0.5) is 0 Å². The summed E-state index contributed by atoms with van der Waals surface area (Å²) < 4.78 is 0. The minimum atomic E-state index is 0. The van der Waals surface area contributed by atoms with E-state index in [1.54, 1.807) is 0 Å². The molecule has 2 aliphatic rings. The standard InChI is InChI=1S/C11H20ClN.ClH/c12-8-10-6-7-13(9-10)11-4-2-1-3-5-11;/h10-11H,1-9H2;1H. The van der Waals surface area contributed by atoms with Crippen molar-refractivity contribution < 1.29 is 0 Å². The van der Waals surface area contributed by atoms with E-state index in [2.05, 4.69) is 4.90 Å². The zero-order valence-corrected chi connectivity index (χ0v) is 10.3. The third-order valence-electron chi connectivity index (χ3n) is 3.63. The average Bonchev–Trinajstić information content (AvgIpc) is 2.67. The van der Waals surface area contributed by atoms with Crippen molar-refractivity contribution in [2.24, 2.45) is 5.92 Å². The number of hydrogen-bond acceptors (Lipinski definition) is 1. The molecule has 3 heteroatoms. The normalized spacial score (nSPS) is 30.2. The first-order valence-electron chi connectivity index (χ1n) is 5.70. The Kier molecular flexibility index (Phi) is 5.58. The largest absolute Gasteiger partial charge is 0.300 e. The van der Waals surface area contributed by atoms with Gasteiger partial charge in [0.05, 0.1) is 0 Å². The van der Waals surface area contributed by atoms with Crippen molar-refractivity contribution in [1.29, 1.82) is 0 Å². The zero-order chi connectivity index (χ0) is 9.10. The van der Waals surface area contributed by atoms with E-state index in [1.165, 1.54) is 51.6 Å². The molecule has 1 unspecified atom stereocenters. The molecular formula is C11H21Cl2N. The van der Waals surface area contributed by atoms with Crippen LogP contribution in [0.25, 0.3) is 0 Å². The molecule has 0 aromatic carbocycles. The Hall–Kier alpha value is 0.540. The molecule has 1 saturated carbocycles. The predicted molar refractivity (Wildman–Crippen MR) is 64.5 cm³/mol. The number of nitrogens with zero attached hydrogens (tertiary/aromatic N) is 1. The van der Waals surface area contributed by atoms with Gasteiger partial charge in [-0.2, -0.15) is 0 Å². The summed E-state index contributed by atoms with van der Waals surface area (Å²) in [6, 6.07) is 0.905. The second kappa shape index (κ2) is 6.19. The van der Waals surface area contributed by atoms with E-state index in [9.17, 15) is 0 Å². The predicted octanol–water partition coefficient (Wildman–Crippen LogP) is 3.30. The van der Waals surface area contributed by atoms with E-state index in [1.807, 2.05) is 0 Å². The van der Waals surface area contributed by atoms with Gasteiger partial charge < -0.3 is 4.90 Å². The molecule has 14 heavy (non-hydrogen) atoms. The summed E-state index contributed by atoms with van der Waals surface area (Å²) in [5.74, 6) is 1.65. The fourth-order valence-corrected chi connectivity index (χ4v) is 3.02. The van der Waals surface area contributed by atoms with Gasteiger partial charge in [0.1, 0.15) is 0 Å². The molecule has 0 radical (unpaired) electrons. The van der Waals surface area contributed by atoms with E-state index in [0.717, 1.165) is 17.8 Å². The van der Waals surface area contributed by atoms with Gasteiger partial charge in [-0.3, -0.25) is 0 Å². The molecule has 1 nitrogen and oxygen atoms in total. The molecule has 1 heterocycles. The SMILES string of the molecule is Cl.ClCC1CCN(C2CCCCC2)C1. The molecule has 1 atom stereocenters. The fraction of sp³-hybridized carbons (Fsp3) is 1.00. The molecule has 2 rings (SSSR count). The second-order valence-electron chi connectivity index (χ2n) is 4.60. The average molecular weight is 238 g/mol. The third kappa shape index (κ3) is 3.01. The molecule has 0 aromatic rings. The maximum absolute atomic E-state index is 5.89. The molecule has 0 bridgehead atoms. The Balaban J connectivity index is 0.000000980. The summed E-state index contributed by atoms with van der Waals surface area (Å²) in [6.07, 6.45) is 8.58. The summed E-state index contributed by atoms with van der Waals surface area (Å²) in [7, 11) is 0. The fourth-order valence-electron chi connectivity index (χ4n) is 2.77. The Labute approximate surface area is 98.6 Å². The van der Waals surface area contributed by atoms with Crippen molar-refractivity contribution in [3.05, 3.63) is 0 Å². The number of rotatable bonds is 2. The van der Waals surface area contributed by atoms with Crippen molar-refractivity contribution >= 4 is 24.0 Å². The van der Waals surface area contributed by atoms with E-state index >= 15 is 0 Å². The molecule has 0 spiro atoms. The van der Waals surface area contributed by atoms with Crippen LogP contribution in [-0.2, 0) is 0 Å². The van der Waals surface area contributed by atoms with Gasteiger partial charge in [0.2, 0.25) is 0 Å². The van der Waals surface area contributed by atoms with Crippen LogP contribution in [-0.4, -0.2) is 29.9 Å². The summed E-state index contributed by atoms with van der Waals surface area (Å²) in [5, 5.41) is 0. The summed E-state index contributed by atoms with van der Waals surface area (Å²) >= 11 is 5.89. The van der Waals surface area contributed by atoms with Crippen molar-refractivity contribution in [1.82, 2.24) is 4.90 Å². The van der Waals surface area contributed by atoms with Crippen molar-refractivity contribution in [2.75, 3.05) is 19.0 Å². The van der Waals surface area contributed by atoms with Crippen molar-refractivity contribution in [2.45, 2.75) is 44.6 Å². The van der Waals surface area contributed by atoms with Crippen LogP contribution < -0.4 is 0 Å². The first kappa shape index (κ1) is 12.6. The Bertz CT molecular complexity index is 157. The van der Waals surface area contributed by atoms with E-state index in [4.69, 9.17) is 11.6 Å². The number of alkyl halides is 1. The molecule has 1 aliphatic carbocycles. The van der Waals surface area contributed by atoms with Crippen LogP contribution in [0.15, 0.2) is 0 Å². The lowest BCUT2D eigenvalue weighted by Crippen LogP contribution is -2.35. The van der Waals surface area contributed by atoms with Gasteiger partial charge in [-0.15, -0.1) is 24.0 Å². The minimum absolute atomic E-state index is 0. The highest BCUT2D eigenvalue weighted by Crippen LogP contribution is 2.27. The highest BCUT2D eigenvalue weighted by atomic mass is 35.5. The maximum Gasteiger partial charge on any atom is 0.0264 e. The number of halogens is 2. The van der Waals surface area contributed by atoms with Crippen LogP contribution in [0.2, 0.25) is 0 Å². The van der Waals surface area contributed by atoms with E-state index in [-0.39, 0.29) is 12.4 Å². The molecular weight excluding hydrogens is 217 g/mol. The maximum atomic E-state index is 5.89. The van der Waals surface area contributed by atoms with Crippen LogP contribution in [0.5, 0.6) is 0 Å². The Morgan fingerprint density at radius 3 is 2.36 bits per heavy atom. The molecule has 0 aromatic heterocycles. The Morgan fingerprint density at radius 1 is 1.07 bits per heavy atom. The smallest absolute Gasteiger partial charge is 0.0264 e. The topological polar surface area (TPSA) is 3.24 Å². The number of likely N-dealkylation sites (tertiary alicyclic amines) is 1. The third-order valence-corrected chi connectivity index (χ3v) is 4.06. The van der Waals surface area contributed by atoms with Gasteiger partial charge in [0, 0.05) is 18.5 Å². The highest BCUT2D eigenvalue weighted by molar-refractivity contribution is 6.18. The molecule has 0 N–H and O–H groups in total. The van der Waals surface area contributed by atoms with E-state index < -0.39 is 0 Å². The van der Waals surface area contributed by atoms with Crippen LogP contribution in [0.1, 0.15) is 38.5 Å². The van der Waals surface area contributed by atoms with Gasteiger partial charge in [0.15, 0.2) is 0 Å². The second-order valence-corrected chi connectivity index (χ2v) is 4.90. The van der Waals surface area contributed by atoms with Gasteiger partial charge in [-0.1, -0.05) is 19.3 Å². The quantitative estimate of drug-likeness (QED) is 0.667. The van der Waals surface area contributed by atoms with Crippen LogP contribution >= 0.6 is 24.0 Å². The number of hydrogen-bond donors (Lipinski definition) is 0. The van der Waals surface area contributed by atoms with Crippen LogP contribution in [0.3, 0.4) is 0 Å². The first-order valence-corrected chi connectivity index (χ1v) is 6.23. The van der Waals surface area contributed by atoms with E-state index in [0.29, 0.717) is 0 Å². The first-order chi connectivity index (χ1) is 6.40. The van der Waals surface area contributed by atoms with Gasteiger partial charge >= 0.3 is 0 Å². The van der Waals surface area contributed by atoms with Gasteiger partial charge in [-0.25, -0.2) is 0 Å². The summed E-state index contributed by atoms with van der Waals surface area (Å²) in [5.41, 5.74) is 0. The van der Waals surface area contributed by atoms with Gasteiger partial charge in [-0.05, 0) is 31.7 Å². The minimum Gasteiger partial charge on any atom is -0.300 e. The highest BCUT2D eigenvalue weighted by Gasteiger charge is 2.28. The lowest BCUT2D eigenvalue weighted by atomic mass is 9.94. The molecule has 0 amide bonds. The van der Waals surface area contributed by atoms with Crippen LogP contribution in [0, 0.1) is 5.92 Å². The molecule has 84 valence electrons. The molecule has 1 aliphatic heterocycles. The monoisotopic (exact) mass is 237 g/mol. The molecule has 2 fully saturated rings. The van der Waals surface area contributed by atoms with Crippen molar-refractivity contribution in [3.8, 4) is 0 Å². The zero-order valence-electron chi connectivity index (χ0n) is 8.75. The van der Waals surface area contributed by atoms with Gasteiger partial charge in [0.25, 0.3) is 0 Å². The summed E-state index contributed by atoms with van der Waals surface area (Å²) in [6.45, 7) is 2.58. The summed E-state index contributed by atoms with van der Waals surface area (Å²) in [4.78, 5) is 2.69. The Morgan fingerprint density at radius 2 is 1.79 bits per heavy atom. The molecule has 1 saturated heterocycles. The lowest BCUT2D eigenvalue weighted by molar-refractivity contribution is 0.186. The van der Waals surface area contributed by atoms with Crippen molar-refractivity contribution in [3.63, 3.8) is 0 Å².